The number of carbonyl (C=O) groups excluding carboxylic acids is 1. The third-order valence-corrected chi connectivity index (χ3v) is 6.75. The van der Waals surface area contributed by atoms with E-state index in [0.29, 0.717) is 25.2 Å². The SMILES string of the molecule is CC1(C)[C@H]2CC[C@@]1(CS(=O)(=O)NCCCO)C(=O)C2. The molecule has 2 bridgehead atoms. The molecule has 2 N–H and O–H groups in total. The lowest BCUT2D eigenvalue weighted by atomic mass is 9.70. The second-order valence-corrected chi connectivity index (χ2v) is 8.20. The van der Waals surface area contributed by atoms with Crippen LogP contribution in [-0.2, 0) is 14.8 Å². The maximum Gasteiger partial charge on any atom is 0.212 e. The average molecular weight is 289 g/mol. The third kappa shape index (κ3) is 2.34. The number of nitrogens with one attached hydrogen (secondary N) is 1. The van der Waals surface area contributed by atoms with Crippen molar-refractivity contribution in [1.82, 2.24) is 4.72 Å². The predicted octanol–water partition coefficient (Wildman–Crippen LogP) is 0.684. The Morgan fingerprint density at radius 3 is 2.58 bits per heavy atom. The first kappa shape index (κ1) is 14.9. The van der Waals surface area contributed by atoms with Gasteiger partial charge in [0.05, 0.1) is 5.75 Å². The zero-order chi connectivity index (χ0) is 14.3. The summed E-state index contributed by atoms with van der Waals surface area (Å²) in [7, 11) is -3.47. The summed E-state index contributed by atoms with van der Waals surface area (Å²) in [5.41, 5.74) is -0.932. The summed E-state index contributed by atoms with van der Waals surface area (Å²) < 4.78 is 26.7. The van der Waals surface area contributed by atoms with Gasteiger partial charge >= 0.3 is 0 Å². The zero-order valence-corrected chi connectivity index (χ0v) is 12.4. The van der Waals surface area contributed by atoms with Crippen molar-refractivity contribution in [2.24, 2.45) is 16.7 Å². The molecule has 0 radical (unpaired) electrons. The number of hydrogen-bond donors (Lipinski definition) is 2. The second-order valence-electron chi connectivity index (χ2n) is 6.40. The van der Waals surface area contributed by atoms with Gasteiger partial charge in [0.2, 0.25) is 10.0 Å². The number of aliphatic hydroxyl groups excluding tert-OH is 1. The van der Waals surface area contributed by atoms with Crippen molar-refractivity contribution < 1.29 is 18.3 Å². The van der Waals surface area contributed by atoms with Crippen molar-refractivity contribution in [1.29, 1.82) is 0 Å². The Morgan fingerprint density at radius 1 is 1.42 bits per heavy atom. The number of fused-ring (bicyclic) bond motifs is 2. The van der Waals surface area contributed by atoms with Crippen LogP contribution in [0.1, 0.15) is 39.5 Å². The highest BCUT2D eigenvalue weighted by Gasteiger charge is 2.65. The first-order valence-electron chi connectivity index (χ1n) is 6.87. The quantitative estimate of drug-likeness (QED) is 0.705. The van der Waals surface area contributed by atoms with Crippen molar-refractivity contribution >= 4 is 15.8 Å². The molecule has 2 aliphatic rings. The predicted molar refractivity (Wildman–Crippen MR) is 72.1 cm³/mol. The van der Waals surface area contributed by atoms with Crippen LogP contribution < -0.4 is 4.72 Å². The van der Waals surface area contributed by atoms with Gasteiger partial charge in [-0.15, -0.1) is 0 Å². The lowest BCUT2D eigenvalue weighted by Gasteiger charge is -2.36. The van der Waals surface area contributed by atoms with Crippen LogP contribution in [-0.4, -0.2) is 38.2 Å². The third-order valence-electron chi connectivity index (χ3n) is 5.23. The minimum absolute atomic E-state index is 0.0415. The van der Waals surface area contributed by atoms with Gasteiger partial charge in [-0.25, -0.2) is 13.1 Å². The Balaban J connectivity index is 2.15. The first-order chi connectivity index (χ1) is 8.75. The molecular formula is C13H23NO4S. The fraction of sp³-hybridized carbons (Fsp3) is 0.923. The normalized spacial score (nSPS) is 33.0. The number of aliphatic hydroxyl groups is 1. The molecule has 2 rings (SSSR count). The van der Waals surface area contributed by atoms with Crippen molar-refractivity contribution in [3.05, 3.63) is 0 Å². The standard InChI is InChI=1S/C13H23NO4S/c1-12(2)10-4-5-13(12,11(16)8-10)9-19(17,18)14-6-3-7-15/h10,14-15H,3-9H2,1-2H3/t10-,13+/m0/s1. The van der Waals surface area contributed by atoms with Gasteiger partial charge in [-0.1, -0.05) is 13.8 Å². The fourth-order valence-corrected chi connectivity index (χ4v) is 5.67. The van der Waals surface area contributed by atoms with Crippen LogP contribution in [0.25, 0.3) is 0 Å². The highest BCUT2D eigenvalue weighted by atomic mass is 32.2. The van der Waals surface area contributed by atoms with E-state index in [0.717, 1.165) is 6.42 Å². The van der Waals surface area contributed by atoms with Crippen LogP contribution in [0.4, 0.5) is 0 Å². The number of sulfonamides is 1. The van der Waals surface area contributed by atoms with Gasteiger partial charge in [-0.05, 0) is 30.6 Å². The summed E-state index contributed by atoms with van der Waals surface area (Å²) in [6.45, 7) is 4.24. The van der Waals surface area contributed by atoms with Crippen LogP contribution >= 0.6 is 0 Å². The van der Waals surface area contributed by atoms with E-state index < -0.39 is 15.4 Å². The van der Waals surface area contributed by atoms with Gasteiger partial charge in [-0.2, -0.15) is 0 Å². The van der Waals surface area contributed by atoms with E-state index in [9.17, 15) is 13.2 Å². The second kappa shape index (κ2) is 4.82. The van der Waals surface area contributed by atoms with Gasteiger partial charge < -0.3 is 5.11 Å². The molecule has 0 aliphatic heterocycles. The monoisotopic (exact) mass is 289 g/mol. The van der Waals surface area contributed by atoms with Crippen molar-refractivity contribution in [3.8, 4) is 0 Å². The summed E-state index contributed by atoms with van der Waals surface area (Å²) in [6.07, 6.45) is 2.56. The highest BCUT2D eigenvalue weighted by molar-refractivity contribution is 7.89. The summed E-state index contributed by atoms with van der Waals surface area (Å²) in [6, 6.07) is 0. The number of Topliss-reactive ketones (excluding diaryl/α,β-unsaturated/α-hetero) is 1. The Morgan fingerprint density at radius 2 is 2.11 bits per heavy atom. The Hall–Kier alpha value is -0.460. The molecule has 0 amide bonds. The summed E-state index contributed by atoms with van der Waals surface area (Å²) in [5.74, 6) is 0.335. The minimum Gasteiger partial charge on any atom is -0.396 e. The van der Waals surface area contributed by atoms with Gasteiger partial charge in [0, 0.05) is 25.0 Å². The molecule has 2 saturated carbocycles. The molecule has 5 nitrogen and oxygen atoms in total. The maximum atomic E-state index is 12.2. The van der Waals surface area contributed by atoms with Crippen molar-refractivity contribution in [2.75, 3.05) is 18.9 Å². The molecule has 19 heavy (non-hydrogen) atoms. The van der Waals surface area contributed by atoms with Gasteiger partial charge in [0.1, 0.15) is 5.78 Å². The smallest absolute Gasteiger partial charge is 0.212 e. The van der Waals surface area contributed by atoms with E-state index in [1.54, 1.807) is 0 Å². The van der Waals surface area contributed by atoms with Gasteiger partial charge in [0.25, 0.3) is 0 Å². The van der Waals surface area contributed by atoms with E-state index in [1.165, 1.54) is 0 Å². The molecule has 6 heteroatoms. The molecular weight excluding hydrogens is 266 g/mol. The largest absolute Gasteiger partial charge is 0.396 e. The van der Waals surface area contributed by atoms with Crippen molar-refractivity contribution in [3.63, 3.8) is 0 Å². The molecule has 0 spiro atoms. The lowest BCUT2D eigenvalue weighted by molar-refractivity contribution is -0.128. The summed E-state index contributed by atoms with van der Waals surface area (Å²) in [5, 5.41) is 8.69. The Kier molecular flexibility index (Phi) is 3.79. The highest BCUT2D eigenvalue weighted by Crippen LogP contribution is 2.64. The van der Waals surface area contributed by atoms with Crippen molar-refractivity contribution in [2.45, 2.75) is 39.5 Å². The first-order valence-corrected chi connectivity index (χ1v) is 8.52. The topological polar surface area (TPSA) is 83.5 Å². The summed E-state index contributed by atoms with van der Waals surface area (Å²) in [4.78, 5) is 12.2. The van der Waals surface area contributed by atoms with Crippen LogP contribution in [0.2, 0.25) is 0 Å². The Labute approximate surface area is 114 Å². The molecule has 2 aliphatic carbocycles. The molecule has 0 saturated heterocycles. The average Bonchev–Trinajstić information content (AvgIpc) is 2.62. The van der Waals surface area contributed by atoms with E-state index in [-0.39, 0.29) is 30.1 Å². The van der Waals surface area contributed by atoms with Crippen LogP contribution in [0.5, 0.6) is 0 Å². The van der Waals surface area contributed by atoms with E-state index in [4.69, 9.17) is 5.11 Å². The van der Waals surface area contributed by atoms with E-state index >= 15 is 0 Å². The number of hydrogen-bond acceptors (Lipinski definition) is 4. The zero-order valence-electron chi connectivity index (χ0n) is 11.6. The fourth-order valence-electron chi connectivity index (χ4n) is 3.79. The van der Waals surface area contributed by atoms with Gasteiger partial charge in [-0.3, -0.25) is 4.79 Å². The van der Waals surface area contributed by atoms with Gasteiger partial charge in [0.15, 0.2) is 0 Å². The molecule has 0 aromatic carbocycles. The van der Waals surface area contributed by atoms with Crippen LogP contribution in [0.15, 0.2) is 0 Å². The molecule has 2 fully saturated rings. The van der Waals surface area contributed by atoms with E-state index in [1.807, 2.05) is 13.8 Å². The Bertz CT molecular complexity index is 471. The molecule has 0 heterocycles. The van der Waals surface area contributed by atoms with Crippen LogP contribution in [0.3, 0.4) is 0 Å². The number of carbonyl (C=O) groups is 1. The molecule has 0 unspecified atom stereocenters. The molecule has 110 valence electrons. The number of rotatable bonds is 6. The molecule has 0 aromatic rings. The van der Waals surface area contributed by atoms with Crippen LogP contribution in [0, 0.1) is 16.7 Å². The maximum absolute atomic E-state index is 12.2. The molecule has 0 aromatic heterocycles. The van der Waals surface area contributed by atoms with E-state index in [2.05, 4.69) is 4.72 Å². The number of ketones is 1. The summed E-state index contributed by atoms with van der Waals surface area (Å²) >= 11 is 0. The minimum atomic E-state index is -3.47. The molecule has 2 atom stereocenters. The lowest BCUT2D eigenvalue weighted by Crippen LogP contribution is -2.45.